The molecule has 4 heteroatoms. The lowest BCUT2D eigenvalue weighted by Gasteiger charge is -2.18. The topological polar surface area (TPSA) is 55.6 Å². The Bertz CT molecular complexity index is 419. The minimum Gasteiger partial charge on any atom is -0.469 e. The number of esters is 1. The van der Waals surface area contributed by atoms with Crippen LogP contribution in [0.25, 0.3) is 0 Å². The Morgan fingerprint density at radius 1 is 1.42 bits per heavy atom. The predicted molar refractivity (Wildman–Crippen MR) is 76.7 cm³/mol. The maximum atomic E-state index is 11.0. The van der Waals surface area contributed by atoms with Crippen LogP contribution in [0.2, 0.25) is 0 Å². The second kappa shape index (κ2) is 7.92. The van der Waals surface area contributed by atoms with Crippen molar-refractivity contribution >= 4 is 5.97 Å². The molecule has 0 atom stereocenters. The van der Waals surface area contributed by atoms with E-state index in [2.05, 4.69) is 41.8 Å². The maximum absolute atomic E-state index is 11.0. The van der Waals surface area contributed by atoms with Crippen LogP contribution in [0.15, 0.2) is 18.2 Å². The Kier molecular flexibility index (Phi) is 6.53. The standard InChI is InChI=1S/C15H24N2O2/c1-12-9-13(10-16)6-7-14(12)11-17(2)8-4-5-15(18)19-3/h6-7,9H,4-5,8,10-11,16H2,1-3H3. The van der Waals surface area contributed by atoms with Crippen LogP contribution in [0.3, 0.4) is 0 Å². The molecule has 1 rings (SSSR count). The Hall–Kier alpha value is -1.39. The smallest absolute Gasteiger partial charge is 0.305 e. The molecule has 1 aromatic carbocycles. The maximum Gasteiger partial charge on any atom is 0.305 e. The van der Waals surface area contributed by atoms with Crippen molar-refractivity contribution in [1.82, 2.24) is 4.90 Å². The first-order valence-corrected chi connectivity index (χ1v) is 6.60. The Balaban J connectivity index is 2.43. The van der Waals surface area contributed by atoms with Crippen molar-refractivity contribution in [1.29, 1.82) is 0 Å². The van der Waals surface area contributed by atoms with Gasteiger partial charge in [0.15, 0.2) is 0 Å². The fourth-order valence-corrected chi connectivity index (χ4v) is 2.03. The normalized spacial score (nSPS) is 10.8. The first-order valence-electron chi connectivity index (χ1n) is 6.60. The van der Waals surface area contributed by atoms with E-state index in [-0.39, 0.29) is 5.97 Å². The zero-order valence-corrected chi connectivity index (χ0v) is 12.1. The number of carbonyl (C=O) groups excluding carboxylic acids is 1. The molecule has 0 fully saturated rings. The van der Waals surface area contributed by atoms with Crippen molar-refractivity contribution in [3.63, 3.8) is 0 Å². The van der Waals surface area contributed by atoms with Crippen LogP contribution in [0.1, 0.15) is 29.5 Å². The van der Waals surface area contributed by atoms with Gasteiger partial charge >= 0.3 is 5.97 Å². The summed E-state index contributed by atoms with van der Waals surface area (Å²) >= 11 is 0. The van der Waals surface area contributed by atoms with Crippen molar-refractivity contribution in [3.8, 4) is 0 Å². The van der Waals surface area contributed by atoms with Crippen LogP contribution >= 0.6 is 0 Å². The molecule has 19 heavy (non-hydrogen) atoms. The molecule has 0 aliphatic heterocycles. The van der Waals surface area contributed by atoms with E-state index in [0.29, 0.717) is 13.0 Å². The van der Waals surface area contributed by atoms with Crippen molar-refractivity contribution < 1.29 is 9.53 Å². The number of methoxy groups -OCH3 is 1. The molecule has 0 saturated carbocycles. The third kappa shape index (κ3) is 5.41. The second-order valence-corrected chi connectivity index (χ2v) is 4.88. The number of aryl methyl sites for hydroxylation is 1. The summed E-state index contributed by atoms with van der Waals surface area (Å²) in [6, 6.07) is 6.34. The Morgan fingerprint density at radius 2 is 2.16 bits per heavy atom. The summed E-state index contributed by atoms with van der Waals surface area (Å²) in [5.41, 5.74) is 9.35. The lowest BCUT2D eigenvalue weighted by molar-refractivity contribution is -0.140. The van der Waals surface area contributed by atoms with Gasteiger partial charge in [-0.15, -0.1) is 0 Å². The van der Waals surface area contributed by atoms with Gasteiger partial charge in [-0.05, 0) is 43.6 Å². The largest absolute Gasteiger partial charge is 0.469 e. The highest BCUT2D eigenvalue weighted by molar-refractivity contribution is 5.69. The number of nitrogens with two attached hydrogens (primary N) is 1. The minimum absolute atomic E-state index is 0.142. The van der Waals surface area contributed by atoms with Gasteiger partial charge in [-0.1, -0.05) is 18.2 Å². The Morgan fingerprint density at radius 3 is 2.74 bits per heavy atom. The number of ether oxygens (including phenoxy) is 1. The minimum atomic E-state index is -0.142. The van der Waals surface area contributed by atoms with E-state index in [1.54, 1.807) is 0 Å². The summed E-state index contributed by atoms with van der Waals surface area (Å²) in [6.45, 7) is 4.46. The van der Waals surface area contributed by atoms with Gasteiger partial charge in [0.1, 0.15) is 0 Å². The first kappa shape index (κ1) is 15.7. The third-order valence-electron chi connectivity index (χ3n) is 3.23. The average Bonchev–Trinajstić information content (AvgIpc) is 2.40. The predicted octanol–water partition coefficient (Wildman–Crippen LogP) is 1.84. The van der Waals surface area contributed by atoms with Crippen LogP contribution in [-0.4, -0.2) is 31.6 Å². The number of benzene rings is 1. The molecule has 2 N–H and O–H groups in total. The van der Waals surface area contributed by atoms with E-state index in [1.165, 1.54) is 18.2 Å². The molecule has 4 nitrogen and oxygen atoms in total. The van der Waals surface area contributed by atoms with Crippen molar-refractivity contribution in [2.24, 2.45) is 5.73 Å². The van der Waals surface area contributed by atoms with Gasteiger partial charge in [-0.25, -0.2) is 0 Å². The molecular formula is C15H24N2O2. The fraction of sp³-hybridized carbons (Fsp3) is 0.533. The molecule has 0 aliphatic rings. The van der Waals surface area contributed by atoms with E-state index < -0.39 is 0 Å². The molecule has 0 aromatic heterocycles. The SMILES string of the molecule is COC(=O)CCCN(C)Cc1ccc(CN)cc1C. The second-order valence-electron chi connectivity index (χ2n) is 4.88. The molecule has 0 spiro atoms. The number of hydrogen-bond acceptors (Lipinski definition) is 4. The molecule has 0 bridgehead atoms. The van der Waals surface area contributed by atoms with Gasteiger partial charge in [-0.2, -0.15) is 0 Å². The van der Waals surface area contributed by atoms with Gasteiger partial charge in [0.2, 0.25) is 0 Å². The van der Waals surface area contributed by atoms with E-state index in [9.17, 15) is 4.79 Å². The summed E-state index contributed by atoms with van der Waals surface area (Å²) in [4.78, 5) is 13.2. The molecule has 0 saturated heterocycles. The first-order chi connectivity index (χ1) is 9.06. The van der Waals surface area contributed by atoms with Crippen LogP contribution in [0.4, 0.5) is 0 Å². The van der Waals surface area contributed by atoms with Gasteiger partial charge < -0.3 is 15.4 Å². The highest BCUT2D eigenvalue weighted by Crippen LogP contribution is 2.13. The molecule has 1 aromatic rings. The zero-order valence-electron chi connectivity index (χ0n) is 12.1. The fourth-order valence-electron chi connectivity index (χ4n) is 2.03. The quantitative estimate of drug-likeness (QED) is 0.763. The zero-order chi connectivity index (χ0) is 14.3. The molecule has 0 heterocycles. The highest BCUT2D eigenvalue weighted by atomic mass is 16.5. The van der Waals surface area contributed by atoms with Crippen molar-refractivity contribution in [3.05, 3.63) is 34.9 Å². The number of rotatable bonds is 7. The summed E-state index contributed by atoms with van der Waals surface area (Å²) in [5.74, 6) is -0.142. The number of carbonyl (C=O) groups is 1. The monoisotopic (exact) mass is 264 g/mol. The van der Waals surface area contributed by atoms with Crippen LogP contribution in [-0.2, 0) is 22.6 Å². The third-order valence-corrected chi connectivity index (χ3v) is 3.23. The molecule has 106 valence electrons. The summed E-state index contributed by atoms with van der Waals surface area (Å²) in [5, 5.41) is 0. The molecule has 0 aliphatic carbocycles. The number of nitrogens with zero attached hydrogens (tertiary/aromatic N) is 1. The van der Waals surface area contributed by atoms with Crippen molar-refractivity contribution in [2.75, 3.05) is 20.7 Å². The van der Waals surface area contributed by atoms with Crippen LogP contribution in [0.5, 0.6) is 0 Å². The van der Waals surface area contributed by atoms with E-state index in [4.69, 9.17) is 5.73 Å². The molecular weight excluding hydrogens is 240 g/mol. The lowest BCUT2D eigenvalue weighted by atomic mass is 10.0. The van der Waals surface area contributed by atoms with E-state index >= 15 is 0 Å². The van der Waals surface area contributed by atoms with E-state index in [1.807, 2.05) is 0 Å². The van der Waals surface area contributed by atoms with Gasteiger partial charge in [0, 0.05) is 19.5 Å². The Labute approximate surface area is 115 Å². The average molecular weight is 264 g/mol. The van der Waals surface area contributed by atoms with Gasteiger partial charge in [0.05, 0.1) is 7.11 Å². The van der Waals surface area contributed by atoms with Gasteiger partial charge in [-0.3, -0.25) is 4.79 Å². The number of hydrogen-bond donors (Lipinski definition) is 1. The highest BCUT2D eigenvalue weighted by Gasteiger charge is 2.06. The molecule has 0 unspecified atom stereocenters. The van der Waals surface area contributed by atoms with Crippen LogP contribution < -0.4 is 5.73 Å². The molecule has 0 radical (unpaired) electrons. The van der Waals surface area contributed by atoms with Gasteiger partial charge in [0.25, 0.3) is 0 Å². The summed E-state index contributed by atoms with van der Waals surface area (Å²) in [7, 11) is 3.49. The lowest BCUT2D eigenvalue weighted by Crippen LogP contribution is -2.20. The summed E-state index contributed by atoms with van der Waals surface area (Å²) in [6.07, 6.45) is 1.30. The van der Waals surface area contributed by atoms with Crippen molar-refractivity contribution in [2.45, 2.75) is 32.9 Å². The molecule has 0 amide bonds. The van der Waals surface area contributed by atoms with E-state index in [0.717, 1.165) is 25.1 Å². The van der Waals surface area contributed by atoms with Crippen LogP contribution in [0, 0.1) is 6.92 Å². The summed E-state index contributed by atoms with van der Waals surface area (Å²) < 4.78 is 4.63.